The monoisotopic (exact) mass is 356 g/mol. The molecule has 0 saturated carbocycles. The molecule has 2 atom stereocenters. The zero-order chi connectivity index (χ0) is 18.5. The first-order chi connectivity index (χ1) is 12.6. The average Bonchev–Trinajstić information content (AvgIpc) is 3.06. The molecule has 1 aromatic carbocycles. The number of amides is 1. The fourth-order valence-electron chi connectivity index (χ4n) is 3.85. The van der Waals surface area contributed by atoms with Gasteiger partial charge >= 0.3 is 0 Å². The Morgan fingerprint density at radius 2 is 2.04 bits per heavy atom. The minimum atomic E-state index is 0.0622. The highest BCUT2D eigenvalue weighted by Gasteiger charge is 2.32. The quantitative estimate of drug-likeness (QED) is 0.862. The van der Waals surface area contributed by atoms with Gasteiger partial charge in [0, 0.05) is 19.8 Å². The van der Waals surface area contributed by atoms with Crippen LogP contribution in [0.25, 0.3) is 0 Å². The number of piperidine rings is 1. The Hall–Kier alpha value is -2.34. The van der Waals surface area contributed by atoms with E-state index in [1.165, 1.54) is 5.69 Å². The summed E-state index contributed by atoms with van der Waals surface area (Å²) in [5, 5.41) is 7.45. The summed E-state index contributed by atoms with van der Waals surface area (Å²) in [6.45, 7) is 1.77. The van der Waals surface area contributed by atoms with E-state index in [2.05, 4.69) is 28.4 Å². The number of hydrogen-bond donors (Lipinski definition) is 1. The summed E-state index contributed by atoms with van der Waals surface area (Å²) in [6, 6.07) is 10.0. The van der Waals surface area contributed by atoms with E-state index in [4.69, 9.17) is 4.74 Å². The van der Waals surface area contributed by atoms with E-state index in [1.807, 2.05) is 42.2 Å². The first-order valence-corrected chi connectivity index (χ1v) is 9.16. The molecule has 0 radical (unpaired) electrons. The van der Waals surface area contributed by atoms with Gasteiger partial charge in [-0.1, -0.05) is 12.1 Å². The number of hydrogen-bond acceptors (Lipinski definition) is 4. The lowest BCUT2D eigenvalue weighted by atomic mass is 9.87. The fourth-order valence-corrected chi connectivity index (χ4v) is 3.85. The number of aryl methyl sites for hydroxylation is 1. The van der Waals surface area contributed by atoms with Gasteiger partial charge in [-0.25, -0.2) is 0 Å². The third kappa shape index (κ3) is 4.25. The van der Waals surface area contributed by atoms with Crippen LogP contribution in [-0.2, 0) is 18.3 Å². The summed E-state index contributed by atoms with van der Waals surface area (Å²) in [4.78, 5) is 14.8. The third-order valence-electron chi connectivity index (χ3n) is 5.25. The largest absolute Gasteiger partial charge is 0.497 e. The number of nitrogens with one attached hydrogen (secondary N) is 1. The van der Waals surface area contributed by atoms with Crippen molar-refractivity contribution in [3.63, 3.8) is 0 Å². The van der Waals surface area contributed by atoms with Crippen LogP contribution in [0.4, 0.5) is 0 Å². The molecule has 0 spiro atoms. The molecule has 1 N–H and O–H groups in total. The van der Waals surface area contributed by atoms with E-state index in [0.29, 0.717) is 18.9 Å². The van der Waals surface area contributed by atoms with Crippen LogP contribution in [-0.4, -0.2) is 47.8 Å². The SMILES string of the molecule is COc1ccc(CC(=O)NC[C@@H]2CCCN(C)[C@H]2c2ccnn2C)cc1. The predicted molar refractivity (Wildman–Crippen MR) is 101 cm³/mol. The van der Waals surface area contributed by atoms with Crippen LogP contribution < -0.4 is 10.1 Å². The number of ether oxygens (including phenoxy) is 1. The molecule has 2 aromatic rings. The second-order valence-corrected chi connectivity index (χ2v) is 7.04. The van der Waals surface area contributed by atoms with Crippen LogP contribution in [0.3, 0.4) is 0 Å². The Balaban J connectivity index is 1.59. The van der Waals surface area contributed by atoms with Crippen molar-refractivity contribution in [1.82, 2.24) is 20.0 Å². The molecule has 0 unspecified atom stereocenters. The number of methoxy groups -OCH3 is 1. The Labute approximate surface area is 155 Å². The van der Waals surface area contributed by atoms with Crippen molar-refractivity contribution in [1.29, 1.82) is 0 Å². The van der Waals surface area contributed by atoms with Crippen molar-refractivity contribution in [3.8, 4) is 5.75 Å². The normalized spacial score (nSPS) is 20.7. The van der Waals surface area contributed by atoms with Gasteiger partial charge in [-0.2, -0.15) is 5.10 Å². The molecule has 140 valence electrons. The smallest absolute Gasteiger partial charge is 0.224 e. The van der Waals surface area contributed by atoms with E-state index in [0.717, 1.165) is 30.7 Å². The van der Waals surface area contributed by atoms with Crippen LogP contribution in [0.15, 0.2) is 36.5 Å². The van der Waals surface area contributed by atoms with Gasteiger partial charge < -0.3 is 10.1 Å². The number of likely N-dealkylation sites (tertiary alicyclic amines) is 1. The van der Waals surface area contributed by atoms with Crippen LogP contribution in [0.2, 0.25) is 0 Å². The number of aromatic nitrogens is 2. The van der Waals surface area contributed by atoms with E-state index >= 15 is 0 Å². The Morgan fingerprint density at radius 3 is 2.69 bits per heavy atom. The summed E-state index contributed by atoms with van der Waals surface area (Å²) in [5.74, 6) is 1.26. The first kappa shape index (κ1) is 18.5. The van der Waals surface area contributed by atoms with Crippen molar-refractivity contribution < 1.29 is 9.53 Å². The molecule has 1 amide bonds. The molecule has 6 nitrogen and oxygen atoms in total. The second-order valence-electron chi connectivity index (χ2n) is 7.04. The maximum atomic E-state index is 12.4. The number of carbonyl (C=O) groups is 1. The Kier molecular flexibility index (Phi) is 5.93. The standard InChI is InChI=1S/C20H28N4O2/c1-23-12-4-5-16(20(23)18-10-11-22-24(18)2)14-21-19(25)13-15-6-8-17(26-3)9-7-15/h6-11,16,20H,4-5,12-14H2,1-3H3,(H,21,25)/t16-,20+/m0/s1. The molecule has 1 aliphatic rings. The molecule has 26 heavy (non-hydrogen) atoms. The summed E-state index contributed by atoms with van der Waals surface area (Å²) in [6.07, 6.45) is 4.51. The van der Waals surface area contributed by atoms with E-state index < -0.39 is 0 Å². The van der Waals surface area contributed by atoms with Gasteiger partial charge in [0.2, 0.25) is 5.91 Å². The molecule has 0 aliphatic carbocycles. The van der Waals surface area contributed by atoms with Gasteiger partial charge in [-0.3, -0.25) is 14.4 Å². The molecule has 1 saturated heterocycles. The van der Waals surface area contributed by atoms with Crippen molar-refractivity contribution in [2.24, 2.45) is 13.0 Å². The predicted octanol–water partition coefficient (Wildman–Crippen LogP) is 2.17. The molecule has 1 fully saturated rings. The molecule has 3 rings (SSSR count). The zero-order valence-electron chi connectivity index (χ0n) is 15.8. The van der Waals surface area contributed by atoms with E-state index in [-0.39, 0.29) is 11.9 Å². The molecule has 2 heterocycles. The van der Waals surface area contributed by atoms with Gasteiger partial charge in [-0.05, 0) is 56.1 Å². The maximum Gasteiger partial charge on any atom is 0.224 e. The van der Waals surface area contributed by atoms with Gasteiger partial charge in [-0.15, -0.1) is 0 Å². The molecular formula is C20H28N4O2. The van der Waals surface area contributed by atoms with Crippen molar-refractivity contribution >= 4 is 5.91 Å². The molecular weight excluding hydrogens is 328 g/mol. The summed E-state index contributed by atoms with van der Waals surface area (Å²) >= 11 is 0. The Bertz CT molecular complexity index is 726. The van der Waals surface area contributed by atoms with Crippen LogP contribution in [0.1, 0.15) is 30.1 Å². The van der Waals surface area contributed by atoms with Crippen molar-refractivity contribution in [2.75, 3.05) is 27.2 Å². The first-order valence-electron chi connectivity index (χ1n) is 9.16. The van der Waals surface area contributed by atoms with Gasteiger partial charge in [0.15, 0.2) is 0 Å². The molecule has 1 aliphatic heterocycles. The minimum absolute atomic E-state index is 0.0622. The summed E-state index contributed by atoms with van der Waals surface area (Å²) < 4.78 is 7.10. The van der Waals surface area contributed by atoms with Crippen LogP contribution in [0, 0.1) is 5.92 Å². The number of carbonyl (C=O) groups excluding carboxylic acids is 1. The van der Waals surface area contributed by atoms with Crippen LogP contribution in [0.5, 0.6) is 5.75 Å². The van der Waals surface area contributed by atoms with Crippen molar-refractivity contribution in [2.45, 2.75) is 25.3 Å². The lowest BCUT2D eigenvalue weighted by molar-refractivity contribution is -0.120. The minimum Gasteiger partial charge on any atom is -0.497 e. The highest BCUT2D eigenvalue weighted by atomic mass is 16.5. The van der Waals surface area contributed by atoms with Crippen LogP contribution >= 0.6 is 0 Å². The highest BCUT2D eigenvalue weighted by molar-refractivity contribution is 5.78. The van der Waals surface area contributed by atoms with Gasteiger partial charge in [0.25, 0.3) is 0 Å². The fraction of sp³-hybridized carbons (Fsp3) is 0.500. The number of nitrogens with zero attached hydrogens (tertiary/aromatic N) is 3. The number of benzene rings is 1. The molecule has 6 heteroatoms. The topological polar surface area (TPSA) is 59.4 Å². The highest BCUT2D eigenvalue weighted by Crippen LogP contribution is 2.34. The lowest BCUT2D eigenvalue weighted by Gasteiger charge is -2.39. The average molecular weight is 356 g/mol. The number of rotatable bonds is 6. The van der Waals surface area contributed by atoms with E-state index in [1.54, 1.807) is 7.11 Å². The third-order valence-corrected chi connectivity index (χ3v) is 5.25. The van der Waals surface area contributed by atoms with Gasteiger partial charge in [0.05, 0.1) is 25.3 Å². The van der Waals surface area contributed by atoms with Crippen molar-refractivity contribution in [3.05, 3.63) is 47.8 Å². The Morgan fingerprint density at radius 1 is 1.27 bits per heavy atom. The summed E-state index contributed by atoms with van der Waals surface area (Å²) in [7, 11) is 5.78. The lowest BCUT2D eigenvalue weighted by Crippen LogP contribution is -2.42. The molecule has 1 aromatic heterocycles. The van der Waals surface area contributed by atoms with Gasteiger partial charge in [0.1, 0.15) is 5.75 Å². The second kappa shape index (κ2) is 8.36. The summed E-state index contributed by atoms with van der Waals surface area (Å²) in [5.41, 5.74) is 2.20. The molecule has 0 bridgehead atoms. The zero-order valence-corrected chi connectivity index (χ0v) is 15.8. The maximum absolute atomic E-state index is 12.4. The van der Waals surface area contributed by atoms with E-state index in [9.17, 15) is 4.79 Å².